The predicted molar refractivity (Wildman–Crippen MR) is 101 cm³/mol. The Labute approximate surface area is 158 Å². The number of phenols is 1. The average molecular weight is 396 g/mol. The average Bonchev–Trinajstić information content (AvgIpc) is 2.65. The largest absolute Gasteiger partial charge is 0.508 e. The van der Waals surface area contributed by atoms with Gasteiger partial charge in [0.2, 0.25) is 0 Å². The first-order chi connectivity index (χ1) is 12.8. The number of hydrogen-bond acceptors (Lipinski definition) is 7. The zero-order chi connectivity index (χ0) is 20.0. The van der Waals surface area contributed by atoms with Gasteiger partial charge in [-0.15, -0.1) is 0 Å². The minimum absolute atomic E-state index is 0.135. The first-order valence-corrected chi connectivity index (χ1v) is 10.1. The van der Waals surface area contributed by atoms with E-state index in [1.165, 1.54) is 26.4 Å². The van der Waals surface area contributed by atoms with Crippen LogP contribution in [-0.2, 0) is 35.2 Å². The molecule has 3 N–H and O–H groups in total. The molecule has 148 valence electrons. The lowest BCUT2D eigenvalue weighted by Gasteiger charge is -2.15. The molecule has 2 aromatic rings. The summed E-state index contributed by atoms with van der Waals surface area (Å²) in [5.41, 5.74) is 1.94. The quantitative estimate of drug-likeness (QED) is 0.589. The highest BCUT2D eigenvalue weighted by Crippen LogP contribution is 2.30. The highest BCUT2D eigenvalue weighted by molar-refractivity contribution is 7.90. The molecule has 2 aromatic carbocycles. The molecule has 0 saturated heterocycles. The summed E-state index contributed by atoms with van der Waals surface area (Å²) >= 11 is 0. The Hall–Kier alpha value is -2.29. The fourth-order valence-corrected chi connectivity index (χ4v) is 4.16. The van der Waals surface area contributed by atoms with E-state index in [0.29, 0.717) is 33.8 Å². The number of hydrogen-bond donors (Lipinski definition) is 3. The Morgan fingerprint density at radius 2 is 1.67 bits per heavy atom. The van der Waals surface area contributed by atoms with Gasteiger partial charge in [0.15, 0.2) is 9.84 Å². The first kappa shape index (κ1) is 21.0. The molecule has 0 aliphatic carbocycles. The van der Waals surface area contributed by atoms with Crippen LogP contribution in [0.1, 0.15) is 22.3 Å². The van der Waals surface area contributed by atoms with Gasteiger partial charge >= 0.3 is 0 Å². The van der Waals surface area contributed by atoms with Crippen LogP contribution in [0.2, 0.25) is 0 Å². The van der Waals surface area contributed by atoms with Crippen LogP contribution < -0.4 is 9.47 Å². The van der Waals surface area contributed by atoms with Crippen molar-refractivity contribution in [2.24, 2.45) is 0 Å². The van der Waals surface area contributed by atoms with Crippen molar-refractivity contribution in [2.75, 3.05) is 20.0 Å². The smallest absolute Gasteiger partial charge is 0.154 e. The zero-order valence-electron chi connectivity index (χ0n) is 15.3. The van der Waals surface area contributed by atoms with Crippen molar-refractivity contribution >= 4 is 9.84 Å². The van der Waals surface area contributed by atoms with Gasteiger partial charge < -0.3 is 24.8 Å². The third-order valence-corrected chi connectivity index (χ3v) is 5.87. The van der Waals surface area contributed by atoms with Crippen molar-refractivity contribution in [3.05, 3.63) is 52.6 Å². The van der Waals surface area contributed by atoms with Crippen LogP contribution in [0.15, 0.2) is 30.3 Å². The van der Waals surface area contributed by atoms with Crippen LogP contribution in [0.3, 0.4) is 0 Å². The van der Waals surface area contributed by atoms with E-state index < -0.39 is 9.84 Å². The number of sulfone groups is 1. The molecule has 8 heteroatoms. The molecule has 0 saturated carbocycles. The SMILES string of the molecule is COc1cc(CO)c(CCS(=O)(=O)Cc2ccc(CO)c(O)c2)c(OC)c1. The van der Waals surface area contributed by atoms with Gasteiger partial charge in [0.1, 0.15) is 17.2 Å². The Morgan fingerprint density at radius 3 is 2.22 bits per heavy atom. The van der Waals surface area contributed by atoms with Gasteiger partial charge in [0.25, 0.3) is 0 Å². The predicted octanol–water partition coefficient (Wildman–Crippen LogP) is 1.55. The van der Waals surface area contributed by atoms with Gasteiger partial charge in [0, 0.05) is 17.2 Å². The first-order valence-electron chi connectivity index (χ1n) is 8.30. The molecule has 0 aromatic heterocycles. The Morgan fingerprint density at radius 1 is 0.963 bits per heavy atom. The molecule has 0 unspecified atom stereocenters. The molecule has 0 spiro atoms. The van der Waals surface area contributed by atoms with E-state index in [1.54, 1.807) is 18.2 Å². The molecule has 0 fully saturated rings. The van der Waals surface area contributed by atoms with Gasteiger partial charge in [-0.1, -0.05) is 12.1 Å². The van der Waals surface area contributed by atoms with Crippen LogP contribution in [0.25, 0.3) is 0 Å². The number of aliphatic hydroxyl groups excluding tert-OH is 2. The molecule has 0 atom stereocenters. The second-order valence-corrected chi connectivity index (χ2v) is 8.27. The van der Waals surface area contributed by atoms with Gasteiger partial charge in [-0.2, -0.15) is 0 Å². The lowest BCUT2D eigenvalue weighted by atomic mass is 10.0. The summed E-state index contributed by atoms with van der Waals surface area (Å²) in [6.45, 7) is -0.584. The van der Waals surface area contributed by atoms with Crippen molar-refractivity contribution < 1.29 is 33.2 Å². The third-order valence-electron chi connectivity index (χ3n) is 4.27. The molecule has 0 amide bonds. The Bertz CT molecular complexity index is 866. The van der Waals surface area contributed by atoms with Crippen molar-refractivity contribution in [1.29, 1.82) is 0 Å². The molecule has 2 rings (SSSR count). The van der Waals surface area contributed by atoms with Gasteiger partial charge in [-0.3, -0.25) is 0 Å². The number of ether oxygens (including phenoxy) is 2. The van der Waals surface area contributed by atoms with E-state index in [-0.39, 0.29) is 36.9 Å². The lowest BCUT2D eigenvalue weighted by Crippen LogP contribution is -2.13. The van der Waals surface area contributed by atoms with Crippen molar-refractivity contribution in [3.8, 4) is 17.2 Å². The molecule has 27 heavy (non-hydrogen) atoms. The van der Waals surface area contributed by atoms with Crippen LogP contribution in [0, 0.1) is 0 Å². The highest BCUT2D eigenvalue weighted by Gasteiger charge is 2.18. The van der Waals surface area contributed by atoms with Crippen LogP contribution in [0.5, 0.6) is 17.2 Å². The summed E-state index contributed by atoms with van der Waals surface area (Å²) in [4.78, 5) is 0. The van der Waals surface area contributed by atoms with Crippen LogP contribution >= 0.6 is 0 Å². The lowest BCUT2D eigenvalue weighted by molar-refractivity contribution is 0.275. The summed E-state index contributed by atoms with van der Waals surface area (Å²) in [7, 11) is -0.508. The second kappa shape index (κ2) is 9.07. The maximum atomic E-state index is 12.5. The molecule has 0 heterocycles. The van der Waals surface area contributed by atoms with E-state index in [1.807, 2.05) is 0 Å². The Balaban J connectivity index is 2.18. The van der Waals surface area contributed by atoms with E-state index in [0.717, 1.165) is 0 Å². The zero-order valence-corrected chi connectivity index (χ0v) is 16.1. The monoisotopic (exact) mass is 396 g/mol. The van der Waals surface area contributed by atoms with Gasteiger partial charge in [-0.05, 0) is 29.7 Å². The number of benzene rings is 2. The number of aliphatic hydroxyl groups is 2. The summed E-state index contributed by atoms with van der Waals surface area (Å²) in [6.07, 6.45) is 0.173. The highest BCUT2D eigenvalue weighted by atomic mass is 32.2. The van der Waals surface area contributed by atoms with E-state index in [2.05, 4.69) is 0 Å². The molecule has 7 nitrogen and oxygen atoms in total. The summed E-state index contributed by atoms with van der Waals surface area (Å²) < 4.78 is 35.5. The molecule has 0 bridgehead atoms. The fourth-order valence-electron chi connectivity index (χ4n) is 2.82. The molecule has 0 aliphatic rings. The fraction of sp³-hybridized carbons (Fsp3) is 0.368. The number of methoxy groups -OCH3 is 2. The second-order valence-electron chi connectivity index (χ2n) is 6.09. The van der Waals surface area contributed by atoms with Crippen molar-refractivity contribution in [2.45, 2.75) is 25.4 Å². The Kier molecular flexibility index (Phi) is 7.06. The summed E-state index contributed by atoms with van der Waals surface area (Å²) in [5.74, 6) is 0.454. The van der Waals surface area contributed by atoms with Gasteiger partial charge in [0.05, 0.1) is 38.9 Å². The summed E-state index contributed by atoms with van der Waals surface area (Å²) in [6, 6.07) is 7.70. The van der Waals surface area contributed by atoms with E-state index in [9.17, 15) is 18.6 Å². The maximum absolute atomic E-state index is 12.5. The minimum Gasteiger partial charge on any atom is -0.508 e. The maximum Gasteiger partial charge on any atom is 0.154 e. The van der Waals surface area contributed by atoms with Crippen LogP contribution in [0.4, 0.5) is 0 Å². The summed E-state index contributed by atoms with van der Waals surface area (Å²) in [5, 5.41) is 28.4. The molecular formula is C19H24O7S. The molecule has 0 radical (unpaired) electrons. The minimum atomic E-state index is -3.48. The molecule has 0 aliphatic heterocycles. The standard InChI is InChI=1S/C19H24O7S/c1-25-16-8-15(11-21)17(19(9-16)26-2)5-6-27(23,24)12-13-3-4-14(10-20)18(22)7-13/h3-4,7-9,20-22H,5-6,10-12H2,1-2H3. The van der Waals surface area contributed by atoms with Crippen molar-refractivity contribution in [1.82, 2.24) is 0 Å². The van der Waals surface area contributed by atoms with E-state index >= 15 is 0 Å². The number of rotatable bonds is 9. The topological polar surface area (TPSA) is 113 Å². The van der Waals surface area contributed by atoms with E-state index in [4.69, 9.17) is 14.6 Å². The molecular weight excluding hydrogens is 372 g/mol. The van der Waals surface area contributed by atoms with Gasteiger partial charge in [-0.25, -0.2) is 8.42 Å². The van der Waals surface area contributed by atoms with Crippen molar-refractivity contribution in [3.63, 3.8) is 0 Å². The normalized spacial score (nSPS) is 11.4. The van der Waals surface area contributed by atoms with Crippen LogP contribution in [-0.4, -0.2) is 43.7 Å². The number of aromatic hydroxyl groups is 1. The third kappa shape index (κ3) is 5.35.